The number of benzene rings is 2. The van der Waals surface area contributed by atoms with Crippen LogP contribution in [0.15, 0.2) is 47.4 Å². The molecular formula is C16H19NO4S. The Morgan fingerprint density at radius 2 is 1.82 bits per heavy atom. The van der Waals surface area contributed by atoms with Crippen LogP contribution in [0.4, 0.5) is 0 Å². The lowest BCUT2D eigenvalue weighted by atomic mass is 10.0. The first kappa shape index (κ1) is 16.5. The van der Waals surface area contributed by atoms with Gasteiger partial charge in [0.25, 0.3) is 0 Å². The van der Waals surface area contributed by atoms with Gasteiger partial charge in [0.1, 0.15) is 6.04 Å². The summed E-state index contributed by atoms with van der Waals surface area (Å²) in [5.74, 6) is -1.47. The van der Waals surface area contributed by atoms with Crippen LogP contribution in [0.1, 0.15) is 20.3 Å². The Kier molecular flexibility index (Phi) is 4.83. The van der Waals surface area contributed by atoms with E-state index in [2.05, 4.69) is 4.72 Å². The van der Waals surface area contributed by atoms with Crippen LogP contribution in [0.25, 0.3) is 10.8 Å². The molecule has 0 aliphatic heterocycles. The molecule has 118 valence electrons. The zero-order valence-electron chi connectivity index (χ0n) is 12.5. The molecule has 0 fully saturated rings. The van der Waals surface area contributed by atoms with E-state index in [4.69, 9.17) is 0 Å². The molecule has 2 aromatic carbocycles. The summed E-state index contributed by atoms with van der Waals surface area (Å²) in [6.07, 6.45) is 0.565. The van der Waals surface area contributed by atoms with Crippen molar-refractivity contribution in [3.63, 3.8) is 0 Å². The third kappa shape index (κ3) is 3.28. The maximum absolute atomic E-state index is 12.6. The lowest BCUT2D eigenvalue weighted by Gasteiger charge is -2.20. The number of aliphatic carboxylic acids is 1. The van der Waals surface area contributed by atoms with Gasteiger partial charge in [0, 0.05) is 5.39 Å². The average molecular weight is 321 g/mol. The van der Waals surface area contributed by atoms with Crippen molar-refractivity contribution in [1.29, 1.82) is 0 Å². The van der Waals surface area contributed by atoms with Gasteiger partial charge in [0.05, 0.1) is 4.90 Å². The molecule has 0 aliphatic rings. The van der Waals surface area contributed by atoms with Crippen LogP contribution in [0.3, 0.4) is 0 Å². The van der Waals surface area contributed by atoms with Crippen molar-refractivity contribution in [3.8, 4) is 0 Å². The average Bonchev–Trinajstić information content (AvgIpc) is 2.51. The molecule has 0 amide bonds. The normalized spacial score (nSPS) is 14.6. The van der Waals surface area contributed by atoms with E-state index in [1.54, 1.807) is 25.1 Å². The fourth-order valence-corrected chi connectivity index (χ4v) is 3.83. The van der Waals surface area contributed by atoms with Gasteiger partial charge >= 0.3 is 5.97 Å². The number of fused-ring (bicyclic) bond motifs is 1. The largest absolute Gasteiger partial charge is 0.480 e. The van der Waals surface area contributed by atoms with Gasteiger partial charge in [-0.1, -0.05) is 56.7 Å². The molecule has 0 unspecified atom stereocenters. The summed E-state index contributed by atoms with van der Waals surface area (Å²) in [5, 5.41) is 10.6. The number of hydrogen-bond acceptors (Lipinski definition) is 3. The van der Waals surface area contributed by atoms with E-state index in [1.807, 2.05) is 25.1 Å². The van der Waals surface area contributed by atoms with E-state index < -0.39 is 22.0 Å². The Morgan fingerprint density at radius 1 is 1.18 bits per heavy atom. The fraction of sp³-hybridized carbons (Fsp3) is 0.312. The van der Waals surface area contributed by atoms with Crippen LogP contribution in [-0.4, -0.2) is 25.5 Å². The molecule has 22 heavy (non-hydrogen) atoms. The van der Waals surface area contributed by atoms with E-state index in [0.717, 1.165) is 5.39 Å². The highest BCUT2D eigenvalue weighted by molar-refractivity contribution is 7.89. The minimum atomic E-state index is -3.92. The molecule has 2 atom stereocenters. The molecular weight excluding hydrogens is 302 g/mol. The van der Waals surface area contributed by atoms with Gasteiger partial charge in [0.15, 0.2) is 0 Å². The second-order valence-electron chi connectivity index (χ2n) is 5.30. The predicted molar refractivity (Wildman–Crippen MR) is 85.1 cm³/mol. The molecule has 0 saturated heterocycles. The van der Waals surface area contributed by atoms with Crippen molar-refractivity contribution in [2.24, 2.45) is 5.92 Å². The highest BCUT2D eigenvalue weighted by Gasteiger charge is 2.30. The summed E-state index contributed by atoms with van der Waals surface area (Å²) in [6.45, 7) is 3.54. The van der Waals surface area contributed by atoms with E-state index >= 15 is 0 Å². The zero-order valence-corrected chi connectivity index (χ0v) is 13.3. The molecule has 0 aromatic heterocycles. The van der Waals surface area contributed by atoms with E-state index in [1.165, 1.54) is 6.07 Å². The van der Waals surface area contributed by atoms with E-state index in [-0.39, 0.29) is 10.8 Å². The first-order valence-corrected chi connectivity index (χ1v) is 8.58. The van der Waals surface area contributed by atoms with Gasteiger partial charge in [-0.15, -0.1) is 0 Å². The van der Waals surface area contributed by atoms with Crippen molar-refractivity contribution in [3.05, 3.63) is 42.5 Å². The molecule has 0 aliphatic carbocycles. The van der Waals surface area contributed by atoms with Crippen molar-refractivity contribution in [2.45, 2.75) is 31.2 Å². The van der Waals surface area contributed by atoms with Gasteiger partial charge in [-0.3, -0.25) is 4.79 Å². The van der Waals surface area contributed by atoms with Gasteiger partial charge < -0.3 is 5.11 Å². The molecule has 2 N–H and O–H groups in total. The van der Waals surface area contributed by atoms with E-state index in [9.17, 15) is 18.3 Å². The van der Waals surface area contributed by atoms with Crippen LogP contribution < -0.4 is 4.72 Å². The smallest absolute Gasteiger partial charge is 0.322 e. The summed E-state index contributed by atoms with van der Waals surface area (Å²) in [4.78, 5) is 11.4. The van der Waals surface area contributed by atoms with Crippen molar-refractivity contribution in [2.75, 3.05) is 0 Å². The molecule has 6 heteroatoms. The van der Waals surface area contributed by atoms with Crippen molar-refractivity contribution >= 4 is 26.8 Å². The molecule has 0 bridgehead atoms. The number of nitrogens with one attached hydrogen (secondary N) is 1. The number of carboxylic acids is 1. The summed E-state index contributed by atoms with van der Waals surface area (Å²) in [5.41, 5.74) is 0. The Morgan fingerprint density at radius 3 is 2.45 bits per heavy atom. The number of carbonyl (C=O) groups is 1. The Balaban J connectivity index is 2.47. The molecule has 5 nitrogen and oxygen atoms in total. The summed E-state index contributed by atoms with van der Waals surface area (Å²) in [6, 6.07) is 10.9. The lowest BCUT2D eigenvalue weighted by Crippen LogP contribution is -2.44. The fourth-order valence-electron chi connectivity index (χ4n) is 2.31. The van der Waals surface area contributed by atoms with Crippen molar-refractivity contribution < 1.29 is 18.3 Å². The number of rotatable bonds is 6. The van der Waals surface area contributed by atoms with Crippen molar-refractivity contribution in [1.82, 2.24) is 4.72 Å². The minimum Gasteiger partial charge on any atom is -0.480 e. The first-order chi connectivity index (χ1) is 10.4. The van der Waals surface area contributed by atoms with Crippen LogP contribution in [-0.2, 0) is 14.8 Å². The SMILES string of the molecule is CC[C@H](C)[C@H](NS(=O)(=O)c1cccc2ccccc12)C(=O)O. The van der Waals surface area contributed by atoms with Crippen LogP contribution >= 0.6 is 0 Å². The van der Waals surface area contributed by atoms with Gasteiger partial charge in [-0.2, -0.15) is 4.72 Å². The number of sulfonamides is 1. The third-order valence-corrected chi connectivity index (χ3v) is 5.30. The maximum Gasteiger partial charge on any atom is 0.322 e. The molecule has 2 rings (SSSR count). The van der Waals surface area contributed by atoms with Gasteiger partial charge in [-0.05, 0) is 17.4 Å². The summed E-state index contributed by atoms with van der Waals surface area (Å²) >= 11 is 0. The molecule has 0 heterocycles. The third-order valence-electron chi connectivity index (χ3n) is 3.80. The number of hydrogen-bond donors (Lipinski definition) is 2. The summed E-state index contributed by atoms with van der Waals surface area (Å²) < 4.78 is 27.5. The summed E-state index contributed by atoms with van der Waals surface area (Å²) in [7, 11) is -3.92. The highest BCUT2D eigenvalue weighted by Crippen LogP contribution is 2.23. The Bertz CT molecular complexity index is 780. The molecule has 0 spiro atoms. The second kappa shape index (κ2) is 6.46. The quantitative estimate of drug-likeness (QED) is 0.856. The van der Waals surface area contributed by atoms with Crippen LogP contribution in [0, 0.1) is 5.92 Å². The van der Waals surface area contributed by atoms with Crippen LogP contribution in [0.2, 0.25) is 0 Å². The monoisotopic (exact) mass is 321 g/mol. The van der Waals surface area contributed by atoms with E-state index in [0.29, 0.717) is 11.8 Å². The Hall–Kier alpha value is -1.92. The zero-order chi connectivity index (χ0) is 16.3. The standard InChI is InChI=1S/C16H19NO4S/c1-3-11(2)15(16(18)19)17-22(20,21)14-10-6-8-12-7-4-5-9-13(12)14/h4-11,15,17H,3H2,1-2H3,(H,18,19)/t11-,15-/m0/s1. The molecule has 2 aromatic rings. The molecule has 0 radical (unpaired) electrons. The van der Waals surface area contributed by atoms with Crippen LogP contribution in [0.5, 0.6) is 0 Å². The Labute approximate surface area is 130 Å². The maximum atomic E-state index is 12.6. The second-order valence-corrected chi connectivity index (χ2v) is 6.98. The van der Waals surface area contributed by atoms with Gasteiger partial charge in [0.2, 0.25) is 10.0 Å². The number of carboxylic acid groups (broad SMARTS) is 1. The topological polar surface area (TPSA) is 83.5 Å². The first-order valence-electron chi connectivity index (χ1n) is 7.09. The lowest BCUT2D eigenvalue weighted by molar-refractivity contribution is -0.140. The highest BCUT2D eigenvalue weighted by atomic mass is 32.2. The predicted octanol–water partition coefficient (Wildman–Crippen LogP) is 2.62. The minimum absolute atomic E-state index is 0.0974. The molecule has 0 saturated carbocycles. The van der Waals surface area contributed by atoms with Gasteiger partial charge in [-0.25, -0.2) is 8.42 Å².